The zero-order valence-corrected chi connectivity index (χ0v) is 15.0. The molecule has 0 amide bonds. The van der Waals surface area contributed by atoms with Crippen molar-refractivity contribution >= 4 is 22.7 Å². The van der Waals surface area contributed by atoms with E-state index < -0.39 is 0 Å². The minimum Gasteiger partial charge on any atom is -0.454 e. The fourth-order valence-electron chi connectivity index (χ4n) is 2.79. The quantitative estimate of drug-likeness (QED) is 0.713. The maximum atomic E-state index is 5.50. The van der Waals surface area contributed by atoms with Crippen LogP contribution in [0.5, 0.6) is 11.5 Å². The molecular weight excluding hydrogens is 340 g/mol. The summed E-state index contributed by atoms with van der Waals surface area (Å²) < 4.78 is 10.9. The van der Waals surface area contributed by atoms with E-state index in [4.69, 9.17) is 9.47 Å². The second kappa shape index (κ2) is 6.93. The van der Waals surface area contributed by atoms with Crippen molar-refractivity contribution in [3.05, 3.63) is 62.2 Å². The molecule has 1 atom stereocenters. The van der Waals surface area contributed by atoms with Gasteiger partial charge in [0.25, 0.3) is 0 Å². The van der Waals surface area contributed by atoms with Crippen molar-refractivity contribution in [3.63, 3.8) is 0 Å². The molecule has 0 saturated heterocycles. The minimum atomic E-state index is 0.216. The summed E-state index contributed by atoms with van der Waals surface area (Å²) in [5, 5.41) is 8.95. The van der Waals surface area contributed by atoms with Crippen LogP contribution in [0.25, 0.3) is 0 Å². The van der Waals surface area contributed by atoms with Gasteiger partial charge in [-0.1, -0.05) is 6.07 Å². The predicted molar refractivity (Wildman–Crippen MR) is 97.0 cm³/mol. The summed E-state index contributed by atoms with van der Waals surface area (Å²) in [6.07, 6.45) is 2.82. The van der Waals surface area contributed by atoms with E-state index in [1.165, 1.54) is 16.0 Å². The van der Waals surface area contributed by atoms with Crippen LogP contribution in [0, 0.1) is 6.92 Å². The van der Waals surface area contributed by atoms with Crippen LogP contribution in [0.4, 0.5) is 0 Å². The number of fused-ring (bicyclic) bond motifs is 1. The summed E-state index contributed by atoms with van der Waals surface area (Å²) >= 11 is 3.49. The maximum Gasteiger partial charge on any atom is 0.231 e. The highest BCUT2D eigenvalue weighted by Gasteiger charge is 2.18. The average Bonchev–Trinajstić information content (AvgIpc) is 3.32. The molecule has 0 radical (unpaired) electrons. The van der Waals surface area contributed by atoms with Crippen LogP contribution in [0.3, 0.4) is 0 Å². The van der Waals surface area contributed by atoms with E-state index in [0.29, 0.717) is 6.79 Å². The van der Waals surface area contributed by atoms with Gasteiger partial charge in [0.15, 0.2) is 11.5 Å². The summed E-state index contributed by atoms with van der Waals surface area (Å²) in [5.74, 6) is 1.67. The molecular formula is C18H18N2O2S2. The molecule has 0 fully saturated rings. The normalized spacial score (nSPS) is 14.0. The summed E-state index contributed by atoms with van der Waals surface area (Å²) in [5.41, 5.74) is 2.44. The SMILES string of the molecule is Cc1cc2c(cc1CN[C@H](Cc1cccs1)c1nccs1)OCO2. The number of thiazole rings is 1. The number of hydrogen-bond acceptors (Lipinski definition) is 6. The molecule has 0 unspecified atom stereocenters. The van der Waals surface area contributed by atoms with E-state index in [0.717, 1.165) is 29.5 Å². The smallest absolute Gasteiger partial charge is 0.231 e. The molecule has 3 aromatic rings. The molecule has 1 N–H and O–H groups in total. The Morgan fingerprint density at radius 3 is 2.83 bits per heavy atom. The number of benzene rings is 1. The molecule has 4 rings (SSSR count). The fourth-order valence-corrected chi connectivity index (χ4v) is 4.26. The van der Waals surface area contributed by atoms with E-state index in [9.17, 15) is 0 Å². The molecule has 1 aliphatic heterocycles. The van der Waals surface area contributed by atoms with Crippen LogP contribution in [-0.4, -0.2) is 11.8 Å². The van der Waals surface area contributed by atoms with Gasteiger partial charge in [-0.05, 0) is 41.6 Å². The van der Waals surface area contributed by atoms with Gasteiger partial charge in [0.2, 0.25) is 6.79 Å². The highest BCUT2D eigenvalue weighted by atomic mass is 32.1. The molecule has 0 bridgehead atoms. The second-order valence-electron chi connectivity index (χ2n) is 5.72. The van der Waals surface area contributed by atoms with Crippen LogP contribution in [0.15, 0.2) is 41.2 Å². The van der Waals surface area contributed by atoms with Gasteiger partial charge >= 0.3 is 0 Å². The number of aryl methyl sites for hydroxylation is 1. The van der Waals surface area contributed by atoms with Gasteiger partial charge in [-0.2, -0.15) is 0 Å². The van der Waals surface area contributed by atoms with E-state index in [1.807, 2.05) is 11.6 Å². The van der Waals surface area contributed by atoms with E-state index in [-0.39, 0.29) is 6.04 Å². The van der Waals surface area contributed by atoms with E-state index in [1.54, 1.807) is 22.7 Å². The molecule has 3 heterocycles. The first-order valence-electron chi connectivity index (χ1n) is 7.84. The molecule has 124 valence electrons. The van der Waals surface area contributed by atoms with Gasteiger partial charge in [-0.3, -0.25) is 0 Å². The van der Waals surface area contributed by atoms with Crippen molar-refractivity contribution in [3.8, 4) is 11.5 Å². The zero-order chi connectivity index (χ0) is 16.4. The van der Waals surface area contributed by atoms with Gasteiger partial charge < -0.3 is 14.8 Å². The molecule has 0 saturated carbocycles. The van der Waals surface area contributed by atoms with E-state index in [2.05, 4.69) is 46.9 Å². The third-order valence-corrected chi connectivity index (χ3v) is 5.89. The van der Waals surface area contributed by atoms with Gasteiger partial charge in [0, 0.05) is 29.4 Å². The van der Waals surface area contributed by atoms with Crippen LogP contribution in [-0.2, 0) is 13.0 Å². The molecule has 1 aliphatic rings. The van der Waals surface area contributed by atoms with Gasteiger partial charge in [0.1, 0.15) is 5.01 Å². The monoisotopic (exact) mass is 358 g/mol. The lowest BCUT2D eigenvalue weighted by Crippen LogP contribution is -2.23. The minimum absolute atomic E-state index is 0.216. The Hall–Kier alpha value is -1.89. The molecule has 0 aliphatic carbocycles. The summed E-state index contributed by atoms with van der Waals surface area (Å²) in [6.45, 7) is 3.19. The van der Waals surface area contributed by atoms with Crippen molar-refractivity contribution < 1.29 is 9.47 Å². The maximum absolute atomic E-state index is 5.50. The van der Waals surface area contributed by atoms with Crippen LogP contribution in [0.2, 0.25) is 0 Å². The first-order chi connectivity index (χ1) is 11.8. The lowest BCUT2D eigenvalue weighted by Gasteiger charge is -2.17. The second-order valence-corrected chi connectivity index (χ2v) is 7.68. The molecule has 6 heteroatoms. The molecule has 2 aromatic heterocycles. The van der Waals surface area contributed by atoms with Crippen molar-refractivity contribution in [2.75, 3.05) is 6.79 Å². The Morgan fingerprint density at radius 1 is 1.21 bits per heavy atom. The van der Waals surface area contributed by atoms with Gasteiger partial charge in [-0.15, -0.1) is 22.7 Å². The molecule has 0 spiro atoms. The van der Waals surface area contributed by atoms with Gasteiger partial charge in [-0.25, -0.2) is 4.98 Å². The Balaban J connectivity index is 1.51. The first kappa shape index (κ1) is 15.6. The van der Waals surface area contributed by atoms with Crippen LogP contribution < -0.4 is 14.8 Å². The third-order valence-electron chi connectivity index (χ3n) is 4.10. The van der Waals surface area contributed by atoms with Crippen molar-refractivity contribution in [2.45, 2.75) is 25.9 Å². The molecule has 1 aromatic carbocycles. The number of ether oxygens (including phenoxy) is 2. The summed E-state index contributed by atoms with van der Waals surface area (Å²) in [6, 6.07) is 8.62. The van der Waals surface area contributed by atoms with Crippen molar-refractivity contribution in [1.29, 1.82) is 0 Å². The largest absolute Gasteiger partial charge is 0.454 e. The molecule has 24 heavy (non-hydrogen) atoms. The number of nitrogens with one attached hydrogen (secondary N) is 1. The standard InChI is InChI=1S/C18H18N2O2S2/c1-12-7-16-17(22-11-21-16)8-13(12)10-20-15(18-19-4-6-24-18)9-14-3-2-5-23-14/h2-8,15,20H,9-11H2,1H3/t15-/m1/s1. The lowest BCUT2D eigenvalue weighted by atomic mass is 10.1. The third kappa shape index (κ3) is 3.31. The predicted octanol–water partition coefficient (Wildman–Crippen LogP) is 4.32. The van der Waals surface area contributed by atoms with Crippen LogP contribution >= 0.6 is 22.7 Å². The van der Waals surface area contributed by atoms with Gasteiger partial charge in [0.05, 0.1) is 6.04 Å². The Kier molecular flexibility index (Phi) is 4.51. The highest BCUT2D eigenvalue weighted by Crippen LogP contribution is 2.35. The highest BCUT2D eigenvalue weighted by molar-refractivity contribution is 7.10. The Bertz CT molecular complexity index is 801. The number of nitrogens with zero attached hydrogens (tertiary/aromatic N) is 1. The number of hydrogen-bond donors (Lipinski definition) is 1. The lowest BCUT2D eigenvalue weighted by molar-refractivity contribution is 0.174. The average molecular weight is 358 g/mol. The van der Waals surface area contributed by atoms with E-state index >= 15 is 0 Å². The first-order valence-corrected chi connectivity index (χ1v) is 9.60. The van der Waals surface area contributed by atoms with Crippen LogP contribution in [0.1, 0.15) is 27.1 Å². The fraction of sp³-hybridized carbons (Fsp3) is 0.278. The topological polar surface area (TPSA) is 43.4 Å². The summed E-state index contributed by atoms with van der Waals surface area (Å²) in [7, 11) is 0. The van der Waals surface area contributed by atoms with Crippen molar-refractivity contribution in [1.82, 2.24) is 10.3 Å². The Morgan fingerprint density at radius 2 is 2.08 bits per heavy atom. The molecule has 4 nitrogen and oxygen atoms in total. The number of rotatable bonds is 6. The number of aromatic nitrogens is 1. The Labute approximate surface area is 149 Å². The zero-order valence-electron chi connectivity index (χ0n) is 13.3. The van der Waals surface area contributed by atoms with Crippen molar-refractivity contribution in [2.24, 2.45) is 0 Å². The summed E-state index contributed by atoms with van der Waals surface area (Å²) in [4.78, 5) is 5.87. The number of thiophene rings is 1.